The van der Waals surface area contributed by atoms with Crippen molar-refractivity contribution in [1.29, 1.82) is 0 Å². The van der Waals surface area contributed by atoms with Gasteiger partial charge in [0.1, 0.15) is 0 Å². The quantitative estimate of drug-likeness (QED) is 0.471. The first-order valence-electron chi connectivity index (χ1n) is 7.04. The summed E-state index contributed by atoms with van der Waals surface area (Å²) in [6, 6.07) is 5.89. The Hall–Kier alpha value is -3.76. The van der Waals surface area contributed by atoms with E-state index in [1.165, 1.54) is 42.9 Å². The lowest BCUT2D eigenvalue weighted by Gasteiger charge is -2.00. The molecule has 0 spiro atoms. The summed E-state index contributed by atoms with van der Waals surface area (Å²) in [6.07, 6.45) is 0. The van der Waals surface area contributed by atoms with Crippen LogP contribution in [0.1, 0.15) is 10.4 Å². The standard InChI is InChI=1S/C14H13N7O4/c1-20-10-9(11(22)21(2)14(20)25)15-13(16-10)18-19-17-8-5-3-7(4-6-8)12(23)24/h3-6H,1-2H3,(H,23,24)(H2,15,16,17,18). The minimum absolute atomic E-state index is 0.0444. The smallest absolute Gasteiger partial charge is 0.335 e. The number of imidazole rings is 1. The van der Waals surface area contributed by atoms with Gasteiger partial charge in [0.15, 0.2) is 11.2 Å². The number of aryl methyl sites for hydroxylation is 1. The van der Waals surface area contributed by atoms with Gasteiger partial charge in [-0.3, -0.25) is 19.4 Å². The van der Waals surface area contributed by atoms with Crippen LogP contribution in [0.3, 0.4) is 0 Å². The van der Waals surface area contributed by atoms with Gasteiger partial charge in [0.25, 0.3) is 11.5 Å². The largest absolute Gasteiger partial charge is 0.478 e. The van der Waals surface area contributed by atoms with Crippen molar-refractivity contribution < 1.29 is 9.90 Å². The van der Waals surface area contributed by atoms with Crippen molar-refractivity contribution in [2.45, 2.75) is 0 Å². The summed E-state index contributed by atoms with van der Waals surface area (Å²) in [5.74, 6) is -0.981. The second-order valence-corrected chi connectivity index (χ2v) is 5.16. The molecule has 0 unspecified atom stereocenters. The molecule has 0 aliphatic carbocycles. The number of aromatic amines is 1. The van der Waals surface area contributed by atoms with Crippen LogP contribution in [0.5, 0.6) is 0 Å². The molecule has 3 N–H and O–H groups in total. The van der Waals surface area contributed by atoms with Crippen molar-refractivity contribution in [3.05, 3.63) is 50.7 Å². The molecule has 11 heteroatoms. The number of aromatic nitrogens is 4. The number of carboxylic acids is 1. The SMILES string of the molecule is Cn1c(=O)c2[nH]c(N=NNc3ccc(C(=O)O)cc3)nc2n(C)c1=O. The molecule has 25 heavy (non-hydrogen) atoms. The minimum atomic E-state index is -1.03. The number of nitrogens with one attached hydrogen (secondary N) is 2. The summed E-state index contributed by atoms with van der Waals surface area (Å²) in [6.45, 7) is 0. The first kappa shape index (κ1) is 16.1. The summed E-state index contributed by atoms with van der Waals surface area (Å²) in [4.78, 5) is 41.4. The van der Waals surface area contributed by atoms with Gasteiger partial charge in [-0.25, -0.2) is 9.59 Å². The number of carbonyl (C=O) groups is 1. The van der Waals surface area contributed by atoms with Crippen LogP contribution in [0.4, 0.5) is 11.6 Å². The molecule has 1 aromatic carbocycles. The maximum Gasteiger partial charge on any atom is 0.335 e. The molecular formula is C14H13N7O4. The van der Waals surface area contributed by atoms with E-state index in [0.717, 1.165) is 4.57 Å². The van der Waals surface area contributed by atoms with Gasteiger partial charge in [0.2, 0.25) is 0 Å². The summed E-state index contributed by atoms with van der Waals surface area (Å²) in [5.41, 5.74) is 2.59. The van der Waals surface area contributed by atoms with Crippen molar-refractivity contribution >= 4 is 28.8 Å². The molecule has 11 nitrogen and oxygen atoms in total. The van der Waals surface area contributed by atoms with E-state index in [0.29, 0.717) is 5.69 Å². The number of fused-ring (bicyclic) bond motifs is 1. The van der Waals surface area contributed by atoms with Gasteiger partial charge in [-0.05, 0) is 24.3 Å². The van der Waals surface area contributed by atoms with E-state index in [1.807, 2.05) is 0 Å². The van der Waals surface area contributed by atoms with Gasteiger partial charge >= 0.3 is 11.7 Å². The van der Waals surface area contributed by atoms with Crippen molar-refractivity contribution in [2.24, 2.45) is 24.4 Å². The topological polar surface area (TPSA) is 147 Å². The molecule has 0 atom stereocenters. The average Bonchev–Trinajstić information content (AvgIpc) is 3.03. The molecular weight excluding hydrogens is 330 g/mol. The predicted molar refractivity (Wildman–Crippen MR) is 88.1 cm³/mol. The van der Waals surface area contributed by atoms with Crippen LogP contribution in [-0.4, -0.2) is 30.2 Å². The lowest BCUT2D eigenvalue weighted by molar-refractivity contribution is 0.0697. The average molecular weight is 343 g/mol. The molecule has 2 aromatic heterocycles. The lowest BCUT2D eigenvalue weighted by atomic mass is 10.2. The summed E-state index contributed by atoms with van der Waals surface area (Å²) in [7, 11) is 2.86. The highest BCUT2D eigenvalue weighted by molar-refractivity contribution is 5.87. The number of anilines is 1. The third kappa shape index (κ3) is 2.89. The number of rotatable bonds is 4. The molecule has 0 amide bonds. The van der Waals surface area contributed by atoms with Gasteiger partial charge in [-0.2, -0.15) is 4.98 Å². The van der Waals surface area contributed by atoms with Gasteiger partial charge < -0.3 is 10.1 Å². The fourth-order valence-electron chi connectivity index (χ4n) is 2.18. The molecule has 0 aliphatic heterocycles. The number of nitrogens with zero attached hydrogens (tertiary/aromatic N) is 5. The summed E-state index contributed by atoms with van der Waals surface area (Å²) >= 11 is 0. The Balaban J connectivity index is 1.86. The van der Waals surface area contributed by atoms with Crippen LogP contribution in [0, 0.1) is 0 Å². The Morgan fingerprint density at radius 1 is 1.20 bits per heavy atom. The number of carboxylic acid groups (broad SMARTS) is 1. The summed E-state index contributed by atoms with van der Waals surface area (Å²) in [5, 5.41) is 16.4. The molecule has 0 radical (unpaired) electrons. The van der Waals surface area contributed by atoms with Gasteiger partial charge in [-0.15, -0.1) is 0 Å². The zero-order valence-electron chi connectivity index (χ0n) is 13.2. The fraction of sp³-hybridized carbons (Fsp3) is 0.143. The molecule has 0 aliphatic rings. The monoisotopic (exact) mass is 343 g/mol. The minimum Gasteiger partial charge on any atom is -0.478 e. The van der Waals surface area contributed by atoms with Crippen LogP contribution in [0.25, 0.3) is 11.2 Å². The molecule has 0 bridgehead atoms. The van der Waals surface area contributed by atoms with Crippen LogP contribution >= 0.6 is 0 Å². The second-order valence-electron chi connectivity index (χ2n) is 5.16. The van der Waals surface area contributed by atoms with Crippen molar-refractivity contribution in [1.82, 2.24) is 19.1 Å². The molecule has 0 saturated carbocycles. The molecule has 3 rings (SSSR count). The second kappa shape index (κ2) is 6.03. The molecule has 0 saturated heterocycles. The molecule has 128 valence electrons. The van der Waals surface area contributed by atoms with E-state index < -0.39 is 17.2 Å². The molecule has 0 fully saturated rings. The highest BCUT2D eigenvalue weighted by Crippen LogP contribution is 2.13. The number of hydrogen-bond acceptors (Lipinski definition) is 6. The van der Waals surface area contributed by atoms with Gasteiger partial charge in [0, 0.05) is 14.1 Å². The predicted octanol–water partition coefficient (Wildman–Crippen LogP) is 0.769. The number of benzene rings is 1. The van der Waals surface area contributed by atoms with E-state index in [1.54, 1.807) is 0 Å². The number of H-pyrrole nitrogens is 1. The summed E-state index contributed by atoms with van der Waals surface area (Å²) < 4.78 is 2.19. The zero-order chi connectivity index (χ0) is 18.1. The Bertz CT molecular complexity index is 1110. The van der Waals surface area contributed by atoms with E-state index >= 15 is 0 Å². The van der Waals surface area contributed by atoms with E-state index in [9.17, 15) is 14.4 Å². The Labute approximate surface area is 139 Å². The normalized spacial score (nSPS) is 11.3. The van der Waals surface area contributed by atoms with Crippen LogP contribution in [0.15, 0.2) is 44.2 Å². The highest BCUT2D eigenvalue weighted by Gasteiger charge is 2.13. The molecule has 2 heterocycles. The van der Waals surface area contributed by atoms with Crippen molar-refractivity contribution in [2.75, 3.05) is 5.43 Å². The number of hydrogen-bond donors (Lipinski definition) is 3. The van der Waals surface area contributed by atoms with Crippen LogP contribution < -0.4 is 16.7 Å². The highest BCUT2D eigenvalue weighted by atomic mass is 16.4. The van der Waals surface area contributed by atoms with Gasteiger partial charge in [-0.1, -0.05) is 10.3 Å². The third-order valence-electron chi connectivity index (χ3n) is 3.54. The zero-order valence-corrected chi connectivity index (χ0v) is 13.2. The lowest BCUT2D eigenvalue weighted by Crippen LogP contribution is -2.36. The molecule has 3 aromatic rings. The Kier molecular flexibility index (Phi) is 3.89. The van der Waals surface area contributed by atoms with E-state index in [4.69, 9.17) is 5.11 Å². The van der Waals surface area contributed by atoms with E-state index in [2.05, 4.69) is 25.7 Å². The Morgan fingerprint density at radius 2 is 1.88 bits per heavy atom. The van der Waals surface area contributed by atoms with Crippen LogP contribution in [-0.2, 0) is 14.1 Å². The van der Waals surface area contributed by atoms with Crippen LogP contribution in [0.2, 0.25) is 0 Å². The van der Waals surface area contributed by atoms with Crippen molar-refractivity contribution in [3.63, 3.8) is 0 Å². The Morgan fingerprint density at radius 3 is 2.52 bits per heavy atom. The first-order chi connectivity index (χ1) is 11.9. The number of aromatic carboxylic acids is 1. The first-order valence-corrected chi connectivity index (χ1v) is 7.04. The maximum atomic E-state index is 12.0. The van der Waals surface area contributed by atoms with E-state index in [-0.39, 0.29) is 22.7 Å². The maximum absolute atomic E-state index is 12.0. The van der Waals surface area contributed by atoms with Crippen molar-refractivity contribution in [3.8, 4) is 0 Å². The third-order valence-corrected chi connectivity index (χ3v) is 3.54. The fourth-order valence-corrected chi connectivity index (χ4v) is 2.18. The van der Waals surface area contributed by atoms with Gasteiger partial charge in [0.05, 0.1) is 11.3 Å².